The van der Waals surface area contributed by atoms with Gasteiger partial charge in [0, 0.05) is 13.1 Å². The first-order chi connectivity index (χ1) is 8.45. The highest BCUT2D eigenvalue weighted by Gasteiger charge is 2.23. The Morgan fingerprint density at radius 1 is 1.44 bits per heavy atom. The van der Waals surface area contributed by atoms with Crippen LogP contribution in [0, 0.1) is 6.92 Å². The van der Waals surface area contributed by atoms with Gasteiger partial charge in [-0.05, 0) is 32.8 Å². The van der Waals surface area contributed by atoms with Gasteiger partial charge in [-0.1, -0.05) is 13.8 Å². The second-order valence-corrected chi connectivity index (χ2v) is 4.60. The maximum atomic E-state index is 12.0. The molecule has 2 N–H and O–H groups in total. The van der Waals surface area contributed by atoms with Crippen molar-refractivity contribution in [2.24, 2.45) is 0 Å². The van der Waals surface area contributed by atoms with Crippen molar-refractivity contribution in [1.29, 1.82) is 0 Å². The molecule has 0 saturated heterocycles. The molecule has 0 aromatic carbocycles. The van der Waals surface area contributed by atoms with E-state index in [-0.39, 0.29) is 12.5 Å². The number of aromatic nitrogens is 2. The third kappa shape index (κ3) is 3.32. The van der Waals surface area contributed by atoms with Gasteiger partial charge in [0.2, 0.25) is 0 Å². The van der Waals surface area contributed by atoms with Crippen molar-refractivity contribution in [3.8, 4) is 0 Å². The predicted molar refractivity (Wildman–Crippen MR) is 70.5 cm³/mol. The molecule has 0 bridgehead atoms. The topological polar surface area (TPSA) is 67.2 Å². The summed E-state index contributed by atoms with van der Waals surface area (Å²) in [6.45, 7) is 8.55. The van der Waals surface area contributed by atoms with Gasteiger partial charge in [-0.2, -0.15) is 5.10 Å². The SMILES string of the molecule is CCn1nc(C)cc1C(=O)NCC(O)(CC)CC. The van der Waals surface area contributed by atoms with Gasteiger partial charge in [-0.3, -0.25) is 9.48 Å². The summed E-state index contributed by atoms with van der Waals surface area (Å²) in [4.78, 5) is 12.0. The molecular weight excluding hydrogens is 230 g/mol. The largest absolute Gasteiger partial charge is 0.388 e. The maximum Gasteiger partial charge on any atom is 0.269 e. The number of carbonyl (C=O) groups is 1. The van der Waals surface area contributed by atoms with Gasteiger partial charge in [-0.15, -0.1) is 0 Å². The van der Waals surface area contributed by atoms with Crippen molar-refractivity contribution in [3.05, 3.63) is 17.5 Å². The third-order valence-electron chi connectivity index (χ3n) is 3.33. The Hall–Kier alpha value is -1.36. The van der Waals surface area contributed by atoms with Crippen molar-refractivity contribution in [2.45, 2.75) is 52.7 Å². The van der Waals surface area contributed by atoms with E-state index in [9.17, 15) is 9.90 Å². The third-order valence-corrected chi connectivity index (χ3v) is 3.33. The average Bonchev–Trinajstić information content (AvgIpc) is 2.76. The second-order valence-electron chi connectivity index (χ2n) is 4.60. The molecule has 0 unspecified atom stereocenters. The molecule has 1 heterocycles. The van der Waals surface area contributed by atoms with Gasteiger partial charge in [0.1, 0.15) is 5.69 Å². The summed E-state index contributed by atoms with van der Waals surface area (Å²) in [5.74, 6) is -0.183. The fourth-order valence-corrected chi connectivity index (χ4v) is 1.80. The Kier molecular flexibility index (Phi) is 4.90. The Morgan fingerprint density at radius 3 is 2.56 bits per heavy atom. The summed E-state index contributed by atoms with van der Waals surface area (Å²) in [6, 6.07) is 1.76. The molecule has 0 atom stereocenters. The van der Waals surface area contributed by atoms with Crippen LogP contribution in [0.15, 0.2) is 6.07 Å². The smallest absolute Gasteiger partial charge is 0.269 e. The lowest BCUT2D eigenvalue weighted by Crippen LogP contribution is -2.42. The molecule has 0 saturated carbocycles. The van der Waals surface area contributed by atoms with Gasteiger partial charge in [0.25, 0.3) is 5.91 Å². The zero-order chi connectivity index (χ0) is 13.8. The van der Waals surface area contributed by atoms with E-state index in [0.717, 1.165) is 5.69 Å². The fourth-order valence-electron chi connectivity index (χ4n) is 1.80. The second kappa shape index (κ2) is 6.00. The van der Waals surface area contributed by atoms with Gasteiger partial charge in [0.05, 0.1) is 11.3 Å². The van der Waals surface area contributed by atoms with Crippen LogP contribution in [0.5, 0.6) is 0 Å². The highest BCUT2D eigenvalue weighted by Crippen LogP contribution is 2.13. The molecule has 0 spiro atoms. The summed E-state index contributed by atoms with van der Waals surface area (Å²) in [7, 11) is 0. The minimum Gasteiger partial charge on any atom is -0.388 e. The standard InChI is InChI=1S/C13H23N3O2/c1-5-13(18,6-2)9-14-12(17)11-8-10(4)15-16(11)7-3/h8,18H,5-7,9H2,1-4H3,(H,14,17). The number of carbonyl (C=O) groups excluding carboxylic acids is 1. The molecule has 0 aliphatic carbocycles. The Morgan fingerprint density at radius 2 is 2.06 bits per heavy atom. The van der Waals surface area contributed by atoms with Crippen LogP contribution in [0.4, 0.5) is 0 Å². The number of nitrogens with one attached hydrogen (secondary N) is 1. The van der Waals surface area contributed by atoms with E-state index in [4.69, 9.17) is 0 Å². The van der Waals surface area contributed by atoms with Crippen LogP contribution in [-0.2, 0) is 6.54 Å². The first-order valence-corrected chi connectivity index (χ1v) is 6.50. The zero-order valence-corrected chi connectivity index (χ0v) is 11.7. The number of aryl methyl sites for hydroxylation is 2. The van der Waals surface area contributed by atoms with E-state index in [1.165, 1.54) is 0 Å². The monoisotopic (exact) mass is 253 g/mol. The molecule has 1 aromatic heterocycles. The average molecular weight is 253 g/mol. The normalized spacial score (nSPS) is 11.6. The van der Waals surface area contributed by atoms with Crippen molar-refractivity contribution >= 4 is 5.91 Å². The van der Waals surface area contributed by atoms with Crippen LogP contribution in [-0.4, -0.2) is 32.9 Å². The van der Waals surface area contributed by atoms with E-state index in [2.05, 4.69) is 10.4 Å². The Bertz CT molecular complexity index is 408. The molecule has 1 rings (SSSR count). The van der Waals surface area contributed by atoms with Gasteiger partial charge >= 0.3 is 0 Å². The fraction of sp³-hybridized carbons (Fsp3) is 0.692. The summed E-state index contributed by atoms with van der Waals surface area (Å²) in [5, 5.41) is 17.1. The molecule has 0 aliphatic heterocycles. The van der Waals surface area contributed by atoms with Crippen molar-refractivity contribution < 1.29 is 9.90 Å². The molecule has 1 aromatic rings. The van der Waals surface area contributed by atoms with Crippen LogP contribution >= 0.6 is 0 Å². The molecule has 102 valence electrons. The van der Waals surface area contributed by atoms with Crippen LogP contribution in [0.1, 0.15) is 49.8 Å². The van der Waals surface area contributed by atoms with E-state index < -0.39 is 5.60 Å². The Balaban J connectivity index is 2.71. The number of amides is 1. The molecule has 0 aliphatic rings. The van der Waals surface area contributed by atoms with Crippen LogP contribution < -0.4 is 5.32 Å². The summed E-state index contributed by atoms with van der Waals surface area (Å²) in [6.07, 6.45) is 1.24. The predicted octanol–water partition coefficient (Wildman–Crippen LogP) is 1.49. The van der Waals surface area contributed by atoms with E-state index in [0.29, 0.717) is 25.1 Å². The molecular formula is C13H23N3O2. The molecule has 0 fully saturated rings. The van der Waals surface area contributed by atoms with E-state index in [1.54, 1.807) is 10.7 Å². The molecule has 1 amide bonds. The van der Waals surface area contributed by atoms with Crippen molar-refractivity contribution in [1.82, 2.24) is 15.1 Å². The first-order valence-electron chi connectivity index (χ1n) is 6.50. The van der Waals surface area contributed by atoms with Crippen molar-refractivity contribution in [3.63, 3.8) is 0 Å². The van der Waals surface area contributed by atoms with Gasteiger partial charge in [0.15, 0.2) is 0 Å². The van der Waals surface area contributed by atoms with Crippen LogP contribution in [0.2, 0.25) is 0 Å². The lowest BCUT2D eigenvalue weighted by atomic mass is 9.97. The summed E-state index contributed by atoms with van der Waals surface area (Å²) >= 11 is 0. The number of rotatable bonds is 6. The highest BCUT2D eigenvalue weighted by molar-refractivity contribution is 5.92. The highest BCUT2D eigenvalue weighted by atomic mass is 16.3. The minimum atomic E-state index is -0.818. The molecule has 5 heteroatoms. The van der Waals surface area contributed by atoms with Crippen LogP contribution in [0.3, 0.4) is 0 Å². The number of aliphatic hydroxyl groups is 1. The van der Waals surface area contributed by atoms with Gasteiger partial charge < -0.3 is 10.4 Å². The van der Waals surface area contributed by atoms with Crippen molar-refractivity contribution in [2.75, 3.05) is 6.54 Å². The molecule has 18 heavy (non-hydrogen) atoms. The number of nitrogens with zero attached hydrogens (tertiary/aromatic N) is 2. The first kappa shape index (κ1) is 14.7. The summed E-state index contributed by atoms with van der Waals surface area (Å²) in [5.41, 5.74) is 0.551. The van der Waals surface area contributed by atoms with E-state index >= 15 is 0 Å². The van der Waals surface area contributed by atoms with Gasteiger partial charge in [-0.25, -0.2) is 0 Å². The number of hydrogen-bond donors (Lipinski definition) is 2. The zero-order valence-electron chi connectivity index (χ0n) is 11.7. The minimum absolute atomic E-state index is 0.183. The Labute approximate surface area is 108 Å². The lowest BCUT2D eigenvalue weighted by Gasteiger charge is -2.25. The summed E-state index contributed by atoms with van der Waals surface area (Å²) < 4.78 is 1.67. The quantitative estimate of drug-likeness (QED) is 0.807. The maximum absolute atomic E-state index is 12.0. The molecule has 5 nitrogen and oxygen atoms in total. The lowest BCUT2D eigenvalue weighted by molar-refractivity contribution is 0.0312. The van der Waals surface area contributed by atoms with E-state index in [1.807, 2.05) is 27.7 Å². The van der Waals surface area contributed by atoms with Crippen LogP contribution in [0.25, 0.3) is 0 Å². The number of hydrogen-bond acceptors (Lipinski definition) is 3. The molecule has 0 radical (unpaired) electrons.